The number of carbonyl (C=O) groups is 1. The molecule has 0 aliphatic carbocycles. The van der Waals surface area contributed by atoms with Crippen molar-refractivity contribution in [3.63, 3.8) is 0 Å². The number of unbranched alkanes of at least 4 members (excludes halogenated alkanes) is 14. The summed E-state index contributed by atoms with van der Waals surface area (Å²) in [5.74, 6) is 0.551. The van der Waals surface area contributed by atoms with E-state index in [9.17, 15) is 4.79 Å². The van der Waals surface area contributed by atoms with Gasteiger partial charge in [0.1, 0.15) is 0 Å². The van der Waals surface area contributed by atoms with Crippen LogP contribution in [0.4, 0.5) is 0 Å². The Morgan fingerprint density at radius 2 is 1.14 bits per heavy atom. The summed E-state index contributed by atoms with van der Waals surface area (Å²) in [4.78, 5) is 14.7. The number of hydrogen-bond acceptors (Lipinski definition) is 2. The Morgan fingerprint density at radius 1 is 0.714 bits per heavy atom. The zero-order valence-corrected chi connectivity index (χ0v) is 18.7. The molecule has 1 aromatic rings. The second-order valence-electron chi connectivity index (χ2n) is 8.22. The van der Waals surface area contributed by atoms with Crippen LogP contribution in [-0.2, 0) is 0 Å². The van der Waals surface area contributed by atoms with Crippen LogP contribution in [0.15, 0.2) is 22.8 Å². The van der Waals surface area contributed by atoms with Crippen molar-refractivity contribution in [2.24, 2.45) is 0 Å². The number of nitrogens with zero attached hydrogens (tertiary/aromatic N) is 1. The summed E-state index contributed by atoms with van der Waals surface area (Å²) in [5, 5.41) is 0. The van der Waals surface area contributed by atoms with E-state index >= 15 is 0 Å². The van der Waals surface area contributed by atoms with Crippen LogP contribution in [0.2, 0.25) is 0 Å². The Labute approximate surface area is 174 Å². The minimum absolute atomic E-state index is 0.0656. The van der Waals surface area contributed by atoms with Crippen molar-refractivity contribution in [3.8, 4) is 0 Å². The van der Waals surface area contributed by atoms with Crippen molar-refractivity contribution >= 4 is 5.91 Å². The molecule has 0 spiro atoms. The van der Waals surface area contributed by atoms with Gasteiger partial charge in [-0.1, -0.05) is 104 Å². The van der Waals surface area contributed by atoms with E-state index in [4.69, 9.17) is 4.42 Å². The Hall–Kier alpha value is -1.25. The molecule has 3 nitrogen and oxygen atoms in total. The normalized spacial score (nSPS) is 11.1. The summed E-state index contributed by atoms with van der Waals surface area (Å²) in [7, 11) is 0. The largest absolute Gasteiger partial charge is 0.459 e. The fourth-order valence-electron chi connectivity index (χ4n) is 3.74. The zero-order chi connectivity index (χ0) is 20.3. The standard InChI is InChI=1S/C25H45NO2/c1-3-5-7-9-11-13-15-17-21-26(25(27)24-20-19-23-28-24)22-18-16-14-12-10-8-6-4-2/h19-20,23H,3-18,21-22H2,1-2H3. The van der Waals surface area contributed by atoms with Gasteiger partial charge < -0.3 is 9.32 Å². The van der Waals surface area contributed by atoms with E-state index in [2.05, 4.69) is 13.8 Å². The average molecular weight is 392 g/mol. The molecule has 1 heterocycles. The van der Waals surface area contributed by atoms with Crippen LogP contribution in [0.25, 0.3) is 0 Å². The third-order valence-electron chi connectivity index (χ3n) is 5.58. The van der Waals surface area contributed by atoms with E-state index in [0.29, 0.717) is 5.76 Å². The smallest absolute Gasteiger partial charge is 0.289 e. The van der Waals surface area contributed by atoms with Crippen LogP contribution < -0.4 is 0 Å². The molecule has 0 saturated heterocycles. The highest BCUT2D eigenvalue weighted by Crippen LogP contribution is 2.13. The summed E-state index contributed by atoms with van der Waals surface area (Å²) in [6.07, 6.45) is 22.4. The fraction of sp³-hybridized carbons (Fsp3) is 0.800. The van der Waals surface area contributed by atoms with Gasteiger partial charge in [0.05, 0.1) is 6.26 Å². The molecule has 0 aliphatic heterocycles. The van der Waals surface area contributed by atoms with E-state index in [1.807, 2.05) is 4.90 Å². The van der Waals surface area contributed by atoms with E-state index in [-0.39, 0.29) is 5.91 Å². The minimum Gasteiger partial charge on any atom is -0.459 e. The molecular formula is C25H45NO2. The fourth-order valence-corrected chi connectivity index (χ4v) is 3.74. The first-order valence-corrected chi connectivity index (χ1v) is 12.1. The molecule has 28 heavy (non-hydrogen) atoms. The van der Waals surface area contributed by atoms with Gasteiger partial charge in [-0.15, -0.1) is 0 Å². The molecule has 0 fully saturated rings. The molecule has 0 saturated carbocycles. The predicted molar refractivity (Wildman–Crippen MR) is 120 cm³/mol. The van der Waals surface area contributed by atoms with Crippen LogP contribution >= 0.6 is 0 Å². The van der Waals surface area contributed by atoms with E-state index in [1.54, 1.807) is 18.4 Å². The first-order chi connectivity index (χ1) is 13.8. The van der Waals surface area contributed by atoms with Crippen molar-refractivity contribution in [2.75, 3.05) is 13.1 Å². The Morgan fingerprint density at radius 3 is 1.54 bits per heavy atom. The molecule has 0 atom stereocenters. The van der Waals surface area contributed by atoms with Gasteiger partial charge in [-0.2, -0.15) is 0 Å². The zero-order valence-electron chi connectivity index (χ0n) is 18.7. The quantitative estimate of drug-likeness (QED) is 0.224. The second kappa shape index (κ2) is 17.8. The Balaban J connectivity index is 2.22. The Kier molecular flexibility index (Phi) is 15.8. The lowest BCUT2D eigenvalue weighted by Gasteiger charge is -2.21. The first-order valence-electron chi connectivity index (χ1n) is 12.1. The maximum Gasteiger partial charge on any atom is 0.289 e. The maximum absolute atomic E-state index is 12.7. The number of hydrogen-bond donors (Lipinski definition) is 0. The Bertz CT molecular complexity index is 435. The molecule has 1 aromatic heterocycles. The van der Waals surface area contributed by atoms with Crippen LogP contribution in [0.1, 0.15) is 127 Å². The molecule has 0 bridgehead atoms. The van der Waals surface area contributed by atoms with Crippen LogP contribution in [0, 0.1) is 0 Å². The number of furan rings is 1. The number of rotatable bonds is 19. The highest BCUT2D eigenvalue weighted by atomic mass is 16.3. The van der Waals surface area contributed by atoms with Gasteiger partial charge in [-0.25, -0.2) is 0 Å². The van der Waals surface area contributed by atoms with Gasteiger partial charge in [-0.05, 0) is 25.0 Å². The van der Waals surface area contributed by atoms with Gasteiger partial charge in [-0.3, -0.25) is 4.79 Å². The summed E-state index contributed by atoms with van der Waals surface area (Å²) in [5.41, 5.74) is 0. The van der Waals surface area contributed by atoms with Crippen LogP contribution in [0.3, 0.4) is 0 Å². The molecule has 0 N–H and O–H groups in total. The van der Waals surface area contributed by atoms with Gasteiger partial charge in [0, 0.05) is 13.1 Å². The SMILES string of the molecule is CCCCCCCCCCN(CCCCCCCCCC)C(=O)c1ccco1. The van der Waals surface area contributed by atoms with Crippen molar-refractivity contribution in [1.29, 1.82) is 0 Å². The minimum atomic E-state index is 0.0656. The average Bonchev–Trinajstić information content (AvgIpc) is 3.24. The van der Waals surface area contributed by atoms with Crippen LogP contribution in [-0.4, -0.2) is 23.9 Å². The molecule has 0 radical (unpaired) electrons. The third-order valence-corrected chi connectivity index (χ3v) is 5.58. The highest BCUT2D eigenvalue weighted by Gasteiger charge is 2.17. The summed E-state index contributed by atoms with van der Waals surface area (Å²) in [6.45, 7) is 6.25. The van der Waals surface area contributed by atoms with Crippen LogP contribution in [0.5, 0.6) is 0 Å². The number of amides is 1. The molecule has 1 rings (SSSR count). The van der Waals surface area contributed by atoms with Gasteiger partial charge >= 0.3 is 0 Å². The van der Waals surface area contributed by atoms with Crippen molar-refractivity contribution in [2.45, 2.75) is 117 Å². The summed E-state index contributed by atoms with van der Waals surface area (Å²) in [6, 6.07) is 3.59. The lowest BCUT2D eigenvalue weighted by atomic mass is 10.1. The number of carbonyl (C=O) groups excluding carboxylic acids is 1. The molecule has 0 unspecified atom stereocenters. The highest BCUT2D eigenvalue weighted by molar-refractivity contribution is 5.91. The molecule has 0 aliphatic rings. The maximum atomic E-state index is 12.7. The lowest BCUT2D eigenvalue weighted by Crippen LogP contribution is -2.32. The second-order valence-corrected chi connectivity index (χ2v) is 8.22. The van der Waals surface area contributed by atoms with Gasteiger partial charge in [0.2, 0.25) is 0 Å². The van der Waals surface area contributed by atoms with Gasteiger partial charge in [0.15, 0.2) is 5.76 Å². The van der Waals surface area contributed by atoms with E-state index in [1.165, 1.54) is 89.9 Å². The first kappa shape index (κ1) is 24.8. The van der Waals surface area contributed by atoms with Gasteiger partial charge in [0.25, 0.3) is 5.91 Å². The topological polar surface area (TPSA) is 33.5 Å². The lowest BCUT2D eigenvalue weighted by molar-refractivity contribution is 0.0717. The van der Waals surface area contributed by atoms with E-state index in [0.717, 1.165) is 25.9 Å². The molecule has 0 aromatic carbocycles. The molecular weight excluding hydrogens is 346 g/mol. The van der Waals surface area contributed by atoms with E-state index < -0.39 is 0 Å². The van der Waals surface area contributed by atoms with Crippen molar-refractivity contribution < 1.29 is 9.21 Å². The molecule has 1 amide bonds. The monoisotopic (exact) mass is 391 g/mol. The van der Waals surface area contributed by atoms with Crippen molar-refractivity contribution in [1.82, 2.24) is 4.90 Å². The summed E-state index contributed by atoms with van der Waals surface area (Å²) >= 11 is 0. The van der Waals surface area contributed by atoms with Crippen molar-refractivity contribution in [3.05, 3.63) is 24.2 Å². The summed E-state index contributed by atoms with van der Waals surface area (Å²) < 4.78 is 5.35. The molecule has 3 heteroatoms. The predicted octanol–water partition coefficient (Wildman–Crippen LogP) is 8.00. The molecule has 162 valence electrons. The third kappa shape index (κ3) is 12.3.